The average Bonchev–Trinajstić information content (AvgIpc) is 2.62. The molecule has 0 aromatic heterocycles. The molecule has 106 valence electrons. The first-order chi connectivity index (χ1) is 8.05. The molecule has 1 heterocycles. The van der Waals surface area contributed by atoms with Gasteiger partial charge in [-0.1, -0.05) is 0 Å². The number of alkyl halides is 2. The molecule has 0 spiro atoms. The van der Waals surface area contributed by atoms with Gasteiger partial charge in [-0.25, -0.2) is 8.42 Å². The molecule has 1 fully saturated rings. The number of hydrogen-bond donors (Lipinski definition) is 0. The maximum atomic E-state index is 12.5. The molecule has 0 aliphatic carbocycles. The molecule has 0 bridgehead atoms. The molecule has 5 nitrogen and oxygen atoms in total. The van der Waals surface area contributed by atoms with Crippen molar-refractivity contribution in [3.63, 3.8) is 0 Å². The second-order valence-corrected chi connectivity index (χ2v) is 6.96. The predicted molar refractivity (Wildman–Crippen MR) is 60.5 cm³/mol. The summed E-state index contributed by atoms with van der Waals surface area (Å²) in [5.41, 5.74) is -0.778. The van der Waals surface area contributed by atoms with Gasteiger partial charge in [0, 0.05) is 6.54 Å². The fourth-order valence-corrected chi connectivity index (χ4v) is 2.89. The zero-order chi connectivity index (χ0) is 14.1. The van der Waals surface area contributed by atoms with Gasteiger partial charge in [0.25, 0.3) is 10.0 Å². The van der Waals surface area contributed by atoms with Crippen molar-refractivity contribution in [3.8, 4) is 0 Å². The lowest BCUT2D eigenvalue weighted by Crippen LogP contribution is -2.45. The summed E-state index contributed by atoms with van der Waals surface area (Å²) >= 11 is 0. The summed E-state index contributed by atoms with van der Waals surface area (Å²) in [5, 5.41) is 0. The molecule has 8 heteroatoms. The van der Waals surface area contributed by atoms with Gasteiger partial charge in [-0.15, -0.1) is 0 Å². The number of sulfonamides is 1. The first-order valence-electron chi connectivity index (χ1n) is 5.57. The molecule has 1 aliphatic heterocycles. The summed E-state index contributed by atoms with van der Waals surface area (Å²) in [5.74, 6) is -4.29. The zero-order valence-electron chi connectivity index (χ0n) is 10.5. The number of carbonyl (C=O) groups excluding carboxylic acids is 1. The molecule has 0 N–H and O–H groups in total. The van der Waals surface area contributed by atoms with Crippen LogP contribution in [0.4, 0.5) is 8.78 Å². The second-order valence-electron chi connectivity index (χ2n) is 5.11. The number of ether oxygens (including phenoxy) is 1. The van der Waals surface area contributed by atoms with E-state index in [4.69, 9.17) is 4.74 Å². The number of esters is 1. The highest BCUT2D eigenvalue weighted by Gasteiger charge is 2.44. The number of rotatable bonds is 3. The van der Waals surface area contributed by atoms with Gasteiger partial charge < -0.3 is 4.74 Å². The van der Waals surface area contributed by atoms with Gasteiger partial charge in [-0.3, -0.25) is 4.79 Å². The fraction of sp³-hybridized carbons (Fsp3) is 0.900. The molecule has 18 heavy (non-hydrogen) atoms. The van der Waals surface area contributed by atoms with E-state index in [1.54, 1.807) is 20.8 Å². The number of halogens is 2. The summed E-state index contributed by atoms with van der Waals surface area (Å²) in [6.07, 6.45) is 0.580. The quantitative estimate of drug-likeness (QED) is 0.734. The van der Waals surface area contributed by atoms with E-state index in [-0.39, 0.29) is 13.0 Å². The molecule has 0 aromatic carbocycles. The van der Waals surface area contributed by atoms with Crippen LogP contribution in [-0.4, -0.2) is 42.6 Å². The van der Waals surface area contributed by atoms with Crippen molar-refractivity contribution in [2.24, 2.45) is 0 Å². The van der Waals surface area contributed by atoms with Crippen molar-refractivity contribution >= 4 is 16.0 Å². The number of nitrogens with zero attached hydrogens (tertiary/aromatic N) is 1. The molecule has 0 unspecified atom stereocenters. The molecular weight excluding hydrogens is 268 g/mol. The summed E-state index contributed by atoms with van der Waals surface area (Å²) in [6.45, 7) is 4.82. The van der Waals surface area contributed by atoms with E-state index in [2.05, 4.69) is 0 Å². The van der Waals surface area contributed by atoms with Crippen LogP contribution < -0.4 is 0 Å². The maximum Gasteiger partial charge on any atom is 0.350 e. The molecule has 0 aromatic rings. The van der Waals surface area contributed by atoms with Crippen LogP contribution in [-0.2, 0) is 19.6 Å². The first kappa shape index (κ1) is 15.3. The monoisotopic (exact) mass is 285 g/mol. The Kier molecular flexibility index (Phi) is 4.32. The molecule has 1 rings (SSSR count). The Hall–Kier alpha value is -0.760. The topological polar surface area (TPSA) is 63.7 Å². The Labute approximate surface area is 105 Å². The minimum atomic E-state index is -4.73. The smallest absolute Gasteiger partial charge is 0.350 e. The summed E-state index contributed by atoms with van der Waals surface area (Å²) in [7, 11) is -4.73. The van der Waals surface area contributed by atoms with Gasteiger partial charge in [0.15, 0.2) is 0 Å². The number of hydrogen-bond acceptors (Lipinski definition) is 4. The molecule has 0 radical (unpaired) electrons. The summed E-state index contributed by atoms with van der Waals surface area (Å²) in [6, 6.07) is -1.14. The molecule has 0 saturated carbocycles. The van der Waals surface area contributed by atoms with Crippen molar-refractivity contribution in [2.75, 3.05) is 6.54 Å². The highest BCUT2D eigenvalue weighted by molar-refractivity contribution is 7.89. The lowest BCUT2D eigenvalue weighted by molar-refractivity contribution is -0.158. The Balaban J connectivity index is 2.87. The average molecular weight is 285 g/mol. The van der Waals surface area contributed by atoms with Crippen LogP contribution in [0.3, 0.4) is 0 Å². The van der Waals surface area contributed by atoms with E-state index in [1.807, 2.05) is 0 Å². The van der Waals surface area contributed by atoms with Crippen molar-refractivity contribution in [3.05, 3.63) is 0 Å². The van der Waals surface area contributed by atoms with Crippen LogP contribution in [0, 0.1) is 0 Å². The van der Waals surface area contributed by atoms with E-state index >= 15 is 0 Å². The standard InChI is InChI=1S/C10H17F2NO4S/c1-10(2,3)17-8(14)7-5-4-6-13(7)18(15,16)9(11)12/h7,9H,4-6H2,1-3H3/t7-/m1/s1. The van der Waals surface area contributed by atoms with Crippen LogP contribution in [0.15, 0.2) is 0 Å². The van der Waals surface area contributed by atoms with E-state index in [1.165, 1.54) is 0 Å². The lowest BCUT2D eigenvalue weighted by atomic mass is 10.2. The van der Waals surface area contributed by atoms with Crippen molar-refractivity contribution in [1.29, 1.82) is 0 Å². The molecule has 1 aliphatic rings. The third kappa shape index (κ3) is 3.38. The largest absolute Gasteiger partial charge is 0.459 e. The highest BCUT2D eigenvalue weighted by atomic mass is 32.2. The lowest BCUT2D eigenvalue weighted by Gasteiger charge is -2.26. The third-order valence-corrected chi connectivity index (χ3v) is 3.98. The fourth-order valence-electron chi connectivity index (χ4n) is 1.75. The van der Waals surface area contributed by atoms with Crippen molar-refractivity contribution in [1.82, 2.24) is 4.31 Å². The number of carbonyl (C=O) groups is 1. The minimum Gasteiger partial charge on any atom is -0.459 e. The van der Waals surface area contributed by atoms with E-state index < -0.39 is 33.4 Å². The first-order valence-corrected chi connectivity index (χ1v) is 7.07. The molecule has 1 saturated heterocycles. The van der Waals surface area contributed by atoms with E-state index in [0.717, 1.165) is 0 Å². The predicted octanol–water partition coefficient (Wildman–Crippen LogP) is 1.34. The Morgan fingerprint density at radius 2 is 1.94 bits per heavy atom. The van der Waals surface area contributed by atoms with E-state index in [0.29, 0.717) is 10.7 Å². The van der Waals surface area contributed by atoms with Crippen LogP contribution in [0.5, 0.6) is 0 Å². The summed E-state index contributed by atoms with van der Waals surface area (Å²) in [4.78, 5) is 11.8. The third-order valence-electron chi connectivity index (χ3n) is 2.43. The van der Waals surface area contributed by atoms with Gasteiger partial charge in [0.1, 0.15) is 11.6 Å². The van der Waals surface area contributed by atoms with E-state index in [9.17, 15) is 22.0 Å². The summed E-state index contributed by atoms with van der Waals surface area (Å²) < 4.78 is 53.3. The van der Waals surface area contributed by atoms with Gasteiger partial charge in [0.2, 0.25) is 0 Å². The maximum absolute atomic E-state index is 12.5. The van der Waals surface area contributed by atoms with Crippen LogP contribution in [0.2, 0.25) is 0 Å². The van der Waals surface area contributed by atoms with Crippen molar-refractivity contribution < 1.29 is 26.7 Å². The highest BCUT2D eigenvalue weighted by Crippen LogP contribution is 2.26. The molecular formula is C10H17F2NO4S. The Bertz CT molecular complexity index is 416. The van der Waals surface area contributed by atoms with Crippen LogP contribution in [0.25, 0.3) is 0 Å². The van der Waals surface area contributed by atoms with Crippen LogP contribution in [0.1, 0.15) is 33.6 Å². The van der Waals surface area contributed by atoms with Crippen molar-refractivity contribution in [2.45, 2.75) is 51.0 Å². The Morgan fingerprint density at radius 3 is 2.39 bits per heavy atom. The Morgan fingerprint density at radius 1 is 1.39 bits per heavy atom. The molecule has 0 amide bonds. The van der Waals surface area contributed by atoms with Gasteiger partial charge in [-0.05, 0) is 33.6 Å². The zero-order valence-corrected chi connectivity index (χ0v) is 11.3. The second kappa shape index (κ2) is 5.08. The minimum absolute atomic E-state index is 0.0728. The SMILES string of the molecule is CC(C)(C)OC(=O)[C@H]1CCCN1S(=O)(=O)C(F)F. The normalized spacial score (nSPS) is 22.4. The van der Waals surface area contributed by atoms with Gasteiger partial charge in [0.05, 0.1) is 0 Å². The molecule has 1 atom stereocenters. The van der Waals surface area contributed by atoms with Gasteiger partial charge in [-0.2, -0.15) is 13.1 Å². The van der Waals surface area contributed by atoms with Crippen LogP contribution >= 0.6 is 0 Å². The van der Waals surface area contributed by atoms with Gasteiger partial charge >= 0.3 is 11.7 Å².